The molecule has 1 aromatic carbocycles. The summed E-state index contributed by atoms with van der Waals surface area (Å²) in [5, 5.41) is 3.57. The fourth-order valence-electron chi connectivity index (χ4n) is 3.57. The van der Waals surface area contributed by atoms with Crippen LogP contribution < -0.4 is 5.32 Å². The van der Waals surface area contributed by atoms with E-state index in [9.17, 15) is 18.0 Å². The van der Waals surface area contributed by atoms with Gasteiger partial charge < -0.3 is 5.32 Å². The van der Waals surface area contributed by atoms with Crippen molar-refractivity contribution in [3.63, 3.8) is 0 Å². The van der Waals surface area contributed by atoms with Gasteiger partial charge in [-0.3, -0.25) is 9.89 Å². The first-order valence-corrected chi connectivity index (χ1v) is 10.2. The van der Waals surface area contributed by atoms with E-state index in [4.69, 9.17) is 0 Å². The van der Waals surface area contributed by atoms with E-state index in [-0.39, 0.29) is 18.1 Å². The SMILES string of the molecule is CC1CN=C(N(C(=O)Nc2ccccc2)C2CCCCC(C(F)(F)F)C2)S1. The standard InChI is InChI=1S/C19H24F3N3OS/c1-13-12-23-18(27-13)25(17(26)24-15-8-3-2-4-9-15)16-10-6-5-7-14(11-16)19(20,21)22/h2-4,8-9,13-14,16H,5-7,10-12H2,1H3,(H,24,26). The van der Waals surface area contributed by atoms with Crippen molar-refractivity contribution in [3.8, 4) is 0 Å². The summed E-state index contributed by atoms with van der Waals surface area (Å²) in [6, 6.07) is 8.05. The van der Waals surface area contributed by atoms with Crippen molar-refractivity contribution in [3.05, 3.63) is 30.3 Å². The molecule has 0 bridgehead atoms. The molecule has 1 heterocycles. The maximum atomic E-state index is 13.4. The molecule has 0 saturated heterocycles. The molecule has 148 valence electrons. The molecule has 3 rings (SSSR count). The molecular formula is C19H24F3N3OS. The number of alkyl halides is 3. The molecule has 2 amide bonds. The Morgan fingerprint density at radius 2 is 1.93 bits per heavy atom. The van der Waals surface area contributed by atoms with Crippen LogP contribution in [0.2, 0.25) is 0 Å². The predicted molar refractivity (Wildman–Crippen MR) is 103 cm³/mol. The highest BCUT2D eigenvalue weighted by molar-refractivity contribution is 8.14. The average Bonchev–Trinajstić information content (AvgIpc) is 2.88. The third kappa shape index (κ3) is 5.18. The molecular weight excluding hydrogens is 375 g/mol. The zero-order valence-electron chi connectivity index (χ0n) is 15.2. The molecule has 0 spiro atoms. The maximum absolute atomic E-state index is 13.4. The van der Waals surface area contributed by atoms with Crippen molar-refractivity contribution in [2.45, 2.75) is 56.5 Å². The van der Waals surface area contributed by atoms with Crippen LogP contribution in [0.5, 0.6) is 0 Å². The van der Waals surface area contributed by atoms with Gasteiger partial charge in [0.1, 0.15) is 0 Å². The van der Waals surface area contributed by atoms with E-state index in [0.717, 1.165) is 0 Å². The van der Waals surface area contributed by atoms with Gasteiger partial charge in [-0.05, 0) is 31.4 Å². The van der Waals surface area contributed by atoms with Crippen molar-refractivity contribution in [1.82, 2.24) is 4.90 Å². The lowest BCUT2D eigenvalue weighted by Gasteiger charge is -2.33. The van der Waals surface area contributed by atoms with E-state index < -0.39 is 24.2 Å². The van der Waals surface area contributed by atoms with E-state index in [1.807, 2.05) is 13.0 Å². The molecule has 1 aliphatic carbocycles. The Morgan fingerprint density at radius 1 is 1.22 bits per heavy atom. The van der Waals surface area contributed by atoms with E-state index in [0.29, 0.717) is 36.7 Å². The molecule has 0 radical (unpaired) electrons. The van der Waals surface area contributed by atoms with Gasteiger partial charge in [0.25, 0.3) is 0 Å². The van der Waals surface area contributed by atoms with Gasteiger partial charge in [0.05, 0.1) is 12.5 Å². The molecule has 0 aromatic heterocycles. The van der Waals surface area contributed by atoms with E-state index >= 15 is 0 Å². The maximum Gasteiger partial charge on any atom is 0.391 e. The lowest BCUT2D eigenvalue weighted by Crippen LogP contribution is -2.47. The minimum absolute atomic E-state index is 0.0698. The normalized spacial score (nSPS) is 26.2. The largest absolute Gasteiger partial charge is 0.391 e. The number of halogens is 3. The number of urea groups is 1. The molecule has 1 fully saturated rings. The monoisotopic (exact) mass is 399 g/mol. The number of carbonyl (C=O) groups is 1. The smallest absolute Gasteiger partial charge is 0.307 e. The predicted octanol–water partition coefficient (Wildman–Crippen LogP) is 5.52. The summed E-state index contributed by atoms with van der Waals surface area (Å²) < 4.78 is 40.2. The summed E-state index contributed by atoms with van der Waals surface area (Å²) in [6.07, 6.45) is -2.40. The summed E-state index contributed by atoms with van der Waals surface area (Å²) in [5.74, 6) is -1.37. The van der Waals surface area contributed by atoms with Gasteiger partial charge in [0.2, 0.25) is 0 Å². The summed E-state index contributed by atoms with van der Waals surface area (Å²) in [5.41, 5.74) is 0.616. The van der Waals surface area contributed by atoms with Crippen molar-refractivity contribution >= 4 is 28.6 Å². The first-order chi connectivity index (χ1) is 12.8. The van der Waals surface area contributed by atoms with Crippen molar-refractivity contribution in [2.24, 2.45) is 10.9 Å². The molecule has 4 nitrogen and oxygen atoms in total. The lowest BCUT2D eigenvalue weighted by atomic mass is 9.97. The highest BCUT2D eigenvalue weighted by atomic mass is 32.2. The fourth-order valence-corrected chi connectivity index (χ4v) is 4.58. The first kappa shape index (κ1) is 20.0. The Hall–Kier alpha value is -1.70. The number of carbonyl (C=O) groups excluding carboxylic acids is 1. The van der Waals surface area contributed by atoms with Crippen LogP contribution in [0.3, 0.4) is 0 Å². The highest BCUT2D eigenvalue weighted by Crippen LogP contribution is 2.39. The number of aliphatic imine (C=N–C) groups is 1. The number of nitrogens with one attached hydrogen (secondary N) is 1. The number of hydrogen-bond donors (Lipinski definition) is 1. The minimum Gasteiger partial charge on any atom is -0.307 e. The van der Waals surface area contributed by atoms with Crippen LogP contribution in [0.1, 0.15) is 39.0 Å². The number of anilines is 1. The van der Waals surface area contributed by atoms with E-state index in [2.05, 4.69) is 10.3 Å². The van der Waals surface area contributed by atoms with Gasteiger partial charge in [0, 0.05) is 17.0 Å². The van der Waals surface area contributed by atoms with Crippen LogP contribution in [0.4, 0.5) is 23.7 Å². The minimum atomic E-state index is -4.23. The number of nitrogens with zero attached hydrogens (tertiary/aromatic N) is 2. The second kappa shape index (κ2) is 8.54. The molecule has 1 saturated carbocycles. The molecule has 27 heavy (non-hydrogen) atoms. The van der Waals surface area contributed by atoms with Crippen LogP contribution in [0.15, 0.2) is 35.3 Å². The van der Waals surface area contributed by atoms with Gasteiger partial charge in [-0.15, -0.1) is 0 Å². The lowest BCUT2D eigenvalue weighted by molar-refractivity contribution is -0.179. The number of para-hydroxylation sites is 1. The second-order valence-electron chi connectivity index (χ2n) is 7.13. The van der Waals surface area contributed by atoms with Crippen LogP contribution in [0, 0.1) is 5.92 Å². The summed E-state index contributed by atoms with van der Waals surface area (Å²) in [4.78, 5) is 18.9. The molecule has 1 aromatic rings. The summed E-state index contributed by atoms with van der Waals surface area (Å²) in [6.45, 7) is 2.57. The molecule has 3 unspecified atom stereocenters. The first-order valence-electron chi connectivity index (χ1n) is 9.27. The number of thioether (sulfide) groups is 1. The number of amides is 2. The van der Waals surface area contributed by atoms with Gasteiger partial charge in [-0.1, -0.05) is 49.7 Å². The van der Waals surface area contributed by atoms with Gasteiger partial charge >= 0.3 is 12.2 Å². The third-order valence-corrected chi connectivity index (χ3v) is 6.05. The zero-order chi connectivity index (χ0) is 19.4. The second-order valence-corrected chi connectivity index (χ2v) is 8.54. The Labute approximate surface area is 161 Å². The molecule has 1 aliphatic heterocycles. The van der Waals surface area contributed by atoms with Crippen LogP contribution in [-0.2, 0) is 0 Å². The Balaban J connectivity index is 1.83. The van der Waals surface area contributed by atoms with Crippen molar-refractivity contribution in [1.29, 1.82) is 0 Å². The quantitative estimate of drug-likeness (QED) is 0.665. The van der Waals surface area contributed by atoms with Gasteiger partial charge in [-0.2, -0.15) is 13.2 Å². The summed E-state index contributed by atoms with van der Waals surface area (Å²) >= 11 is 1.46. The highest BCUT2D eigenvalue weighted by Gasteiger charge is 2.44. The summed E-state index contributed by atoms with van der Waals surface area (Å²) in [7, 11) is 0. The van der Waals surface area contributed by atoms with Gasteiger partial charge in [0.15, 0.2) is 5.17 Å². The third-order valence-electron chi connectivity index (χ3n) is 4.96. The molecule has 1 N–H and O–H groups in total. The number of hydrogen-bond acceptors (Lipinski definition) is 3. The van der Waals surface area contributed by atoms with E-state index in [1.54, 1.807) is 24.3 Å². The fraction of sp³-hybridized carbons (Fsp3) is 0.579. The molecule has 3 atom stereocenters. The number of benzene rings is 1. The van der Waals surface area contributed by atoms with E-state index in [1.165, 1.54) is 16.7 Å². The molecule has 8 heteroatoms. The van der Waals surface area contributed by atoms with Crippen LogP contribution >= 0.6 is 11.8 Å². The Kier molecular flexibility index (Phi) is 6.34. The zero-order valence-corrected chi connectivity index (χ0v) is 16.0. The average molecular weight is 399 g/mol. The van der Waals surface area contributed by atoms with Crippen LogP contribution in [0.25, 0.3) is 0 Å². The van der Waals surface area contributed by atoms with Crippen molar-refractivity contribution in [2.75, 3.05) is 11.9 Å². The van der Waals surface area contributed by atoms with Crippen LogP contribution in [-0.4, -0.2) is 40.1 Å². The topological polar surface area (TPSA) is 44.7 Å². The molecule has 2 aliphatic rings. The van der Waals surface area contributed by atoms with Gasteiger partial charge in [-0.25, -0.2) is 4.79 Å². The number of rotatable bonds is 2. The van der Waals surface area contributed by atoms with Crippen molar-refractivity contribution < 1.29 is 18.0 Å². The number of amidine groups is 1. The Morgan fingerprint density at radius 3 is 2.56 bits per heavy atom. The Bertz CT molecular complexity index is 681.